The third-order valence-corrected chi connectivity index (χ3v) is 2.34. The van der Waals surface area contributed by atoms with E-state index in [-0.39, 0.29) is 5.75 Å². The number of fused-ring (bicyclic) bond motifs is 1. The van der Waals surface area contributed by atoms with Gasteiger partial charge in [0.05, 0.1) is 5.60 Å². The molecule has 0 spiro atoms. The zero-order valence-corrected chi connectivity index (χ0v) is 8.78. The summed E-state index contributed by atoms with van der Waals surface area (Å²) in [5.74, 6) is 0.798. The number of aromatic hydroxyl groups is 1. The first-order valence-corrected chi connectivity index (χ1v) is 4.84. The minimum Gasteiger partial charge on any atom is -0.504 e. The summed E-state index contributed by atoms with van der Waals surface area (Å²) in [4.78, 5) is 0. The lowest BCUT2D eigenvalue weighted by Crippen LogP contribution is -2.19. The molecule has 15 heavy (non-hydrogen) atoms. The fourth-order valence-electron chi connectivity index (χ4n) is 1.59. The molecule has 1 heterocycles. The molecule has 0 saturated heterocycles. The molecule has 0 radical (unpaired) electrons. The van der Waals surface area contributed by atoms with Crippen molar-refractivity contribution in [3.8, 4) is 17.2 Å². The SMILES string of the molecule is CC(C)(O)c1ccc2c(c1O)OCCO2. The first kappa shape index (κ1) is 10.1. The predicted molar refractivity (Wildman–Crippen MR) is 54.3 cm³/mol. The zero-order chi connectivity index (χ0) is 11.1. The highest BCUT2D eigenvalue weighted by Crippen LogP contribution is 2.44. The molecule has 4 heteroatoms. The van der Waals surface area contributed by atoms with E-state index in [0.717, 1.165) is 0 Å². The molecule has 82 valence electrons. The van der Waals surface area contributed by atoms with Gasteiger partial charge in [-0.05, 0) is 26.0 Å². The van der Waals surface area contributed by atoms with Gasteiger partial charge >= 0.3 is 0 Å². The predicted octanol–water partition coefficient (Wildman–Crippen LogP) is 1.39. The number of hydrogen-bond acceptors (Lipinski definition) is 4. The van der Waals surface area contributed by atoms with E-state index in [0.29, 0.717) is 30.3 Å². The van der Waals surface area contributed by atoms with E-state index in [4.69, 9.17) is 9.47 Å². The third-order valence-electron chi connectivity index (χ3n) is 2.34. The molecule has 0 fully saturated rings. The number of benzene rings is 1. The van der Waals surface area contributed by atoms with Crippen LogP contribution in [0.25, 0.3) is 0 Å². The van der Waals surface area contributed by atoms with Gasteiger partial charge < -0.3 is 19.7 Å². The van der Waals surface area contributed by atoms with Gasteiger partial charge in [0.1, 0.15) is 13.2 Å². The van der Waals surface area contributed by atoms with Gasteiger partial charge in [-0.15, -0.1) is 0 Å². The molecule has 0 aromatic heterocycles. The van der Waals surface area contributed by atoms with Crippen LogP contribution in [0, 0.1) is 0 Å². The summed E-state index contributed by atoms with van der Waals surface area (Å²) >= 11 is 0. The van der Waals surface area contributed by atoms with Crippen molar-refractivity contribution in [1.82, 2.24) is 0 Å². The van der Waals surface area contributed by atoms with E-state index in [1.807, 2.05) is 0 Å². The Morgan fingerprint density at radius 1 is 1.20 bits per heavy atom. The van der Waals surface area contributed by atoms with E-state index >= 15 is 0 Å². The number of rotatable bonds is 1. The Kier molecular flexibility index (Phi) is 2.23. The second-order valence-electron chi connectivity index (χ2n) is 4.04. The summed E-state index contributed by atoms with van der Waals surface area (Å²) < 4.78 is 10.6. The molecule has 0 amide bonds. The van der Waals surface area contributed by atoms with Crippen molar-refractivity contribution in [3.63, 3.8) is 0 Å². The van der Waals surface area contributed by atoms with Gasteiger partial charge in [0.25, 0.3) is 0 Å². The highest BCUT2D eigenvalue weighted by molar-refractivity contribution is 5.56. The maximum atomic E-state index is 9.91. The first-order chi connectivity index (χ1) is 7.00. The van der Waals surface area contributed by atoms with Crippen LogP contribution in [-0.2, 0) is 5.60 Å². The summed E-state index contributed by atoms with van der Waals surface area (Å²) in [6.07, 6.45) is 0. The second-order valence-corrected chi connectivity index (χ2v) is 4.04. The molecule has 4 nitrogen and oxygen atoms in total. The topological polar surface area (TPSA) is 58.9 Å². The van der Waals surface area contributed by atoms with Gasteiger partial charge in [0.15, 0.2) is 11.5 Å². The fraction of sp³-hybridized carbons (Fsp3) is 0.455. The van der Waals surface area contributed by atoms with Crippen LogP contribution in [0.1, 0.15) is 19.4 Å². The molecule has 2 N–H and O–H groups in total. The van der Waals surface area contributed by atoms with Crippen LogP contribution in [0.5, 0.6) is 17.2 Å². The molecule has 1 aromatic carbocycles. The van der Waals surface area contributed by atoms with E-state index < -0.39 is 5.60 Å². The molecule has 0 saturated carbocycles. The van der Waals surface area contributed by atoms with Crippen molar-refractivity contribution in [2.75, 3.05) is 13.2 Å². The lowest BCUT2D eigenvalue weighted by Gasteiger charge is -2.24. The Bertz CT molecular complexity index is 379. The van der Waals surface area contributed by atoms with E-state index in [9.17, 15) is 10.2 Å². The Balaban J connectivity index is 2.53. The van der Waals surface area contributed by atoms with Crippen LogP contribution in [0.15, 0.2) is 12.1 Å². The molecule has 1 aliphatic rings. The normalized spacial score (nSPS) is 15.1. The average Bonchev–Trinajstić information content (AvgIpc) is 2.16. The summed E-state index contributed by atoms with van der Waals surface area (Å²) in [7, 11) is 0. The van der Waals surface area contributed by atoms with Gasteiger partial charge in [-0.25, -0.2) is 0 Å². The van der Waals surface area contributed by atoms with E-state index in [2.05, 4.69) is 0 Å². The van der Waals surface area contributed by atoms with Gasteiger partial charge in [-0.2, -0.15) is 0 Å². The molecular weight excluding hydrogens is 196 g/mol. The largest absolute Gasteiger partial charge is 0.504 e. The molecule has 1 aromatic rings. The van der Waals surface area contributed by atoms with Crippen LogP contribution in [0.3, 0.4) is 0 Å². The van der Waals surface area contributed by atoms with Gasteiger partial charge in [-0.3, -0.25) is 0 Å². The fourth-order valence-corrected chi connectivity index (χ4v) is 1.59. The molecular formula is C11H14O4. The monoisotopic (exact) mass is 210 g/mol. The Morgan fingerprint density at radius 2 is 1.87 bits per heavy atom. The van der Waals surface area contributed by atoms with Crippen LogP contribution in [-0.4, -0.2) is 23.4 Å². The quantitative estimate of drug-likeness (QED) is 0.735. The zero-order valence-electron chi connectivity index (χ0n) is 8.78. The molecule has 0 aliphatic carbocycles. The number of phenols is 1. The second kappa shape index (κ2) is 3.31. The maximum Gasteiger partial charge on any atom is 0.203 e. The molecule has 2 rings (SSSR count). The van der Waals surface area contributed by atoms with Crippen molar-refractivity contribution in [2.45, 2.75) is 19.4 Å². The number of aliphatic hydroxyl groups is 1. The number of hydrogen-bond donors (Lipinski definition) is 2. The highest BCUT2D eigenvalue weighted by atomic mass is 16.6. The van der Waals surface area contributed by atoms with Crippen molar-refractivity contribution < 1.29 is 19.7 Å². The van der Waals surface area contributed by atoms with Crippen molar-refractivity contribution in [1.29, 1.82) is 0 Å². The van der Waals surface area contributed by atoms with E-state index in [1.54, 1.807) is 26.0 Å². The molecule has 0 unspecified atom stereocenters. The molecule has 0 atom stereocenters. The summed E-state index contributed by atoms with van der Waals surface area (Å²) in [5, 5.41) is 19.7. The van der Waals surface area contributed by atoms with Crippen molar-refractivity contribution >= 4 is 0 Å². The summed E-state index contributed by atoms with van der Waals surface area (Å²) in [5.41, 5.74) is -0.660. The van der Waals surface area contributed by atoms with Gasteiger partial charge in [0, 0.05) is 5.56 Å². The average molecular weight is 210 g/mol. The van der Waals surface area contributed by atoms with E-state index in [1.165, 1.54) is 0 Å². The minimum atomic E-state index is -1.10. The number of ether oxygens (including phenoxy) is 2. The standard InChI is InChI=1S/C11H14O4/c1-11(2,13)7-3-4-8-10(9(7)12)15-6-5-14-8/h3-4,12-13H,5-6H2,1-2H3. The smallest absolute Gasteiger partial charge is 0.203 e. The lowest BCUT2D eigenvalue weighted by molar-refractivity contribution is 0.0741. The highest BCUT2D eigenvalue weighted by Gasteiger charge is 2.26. The third kappa shape index (κ3) is 1.72. The maximum absolute atomic E-state index is 9.91. The first-order valence-electron chi connectivity index (χ1n) is 4.84. The van der Waals surface area contributed by atoms with Crippen molar-refractivity contribution in [3.05, 3.63) is 17.7 Å². The van der Waals surface area contributed by atoms with Gasteiger partial charge in [-0.1, -0.05) is 0 Å². The van der Waals surface area contributed by atoms with Crippen LogP contribution in [0.4, 0.5) is 0 Å². The van der Waals surface area contributed by atoms with Crippen LogP contribution in [0.2, 0.25) is 0 Å². The van der Waals surface area contributed by atoms with Crippen LogP contribution >= 0.6 is 0 Å². The summed E-state index contributed by atoms with van der Waals surface area (Å²) in [6.45, 7) is 4.11. The Labute approximate surface area is 88.1 Å². The Hall–Kier alpha value is -1.42. The lowest BCUT2D eigenvalue weighted by atomic mass is 9.96. The summed E-state index contributed by atoms with van der Waals surface area (Å²) in [6, 6.07) is 3.34. The number of phenolic OH excluding ortho intramolecular Hbond substituents is 1. The molecule has 1 aliphatic heterocycles. The molecule has 0 bridgehead atoms. The van der Waals surface area contributed by atoms with Crippen LogP contribution < -0.4 is 9.47 Å². The Morgan fingerprint density at radius 3 is 2.53 bits per heavy atom. The minimum absolute atomic E-state index is 0.0419. The van der Waals surface area contributed by atoms with Gasteiger partial charge in [0.2, 0.25) is 5.75 Å². The van der Waals surface area contributed by atoms with Crippen molar-refractivity contribution in [2.24, 2.45) is 0 Å².